The van der Waals surface area contributed by atoms with Crippen LogP contribution in [0.4, 0.5) is 0 Å². The van der Waals surface area contributed by atoms with E-state index < -0.39 is 0 Å². The van der Waals surface area contributed by atoms with Gasteiger partial charge in [0.15, 0.2) is 0 Å². The molecule has 124 valence electrons. The number of nitrogens with one attached hydrogen (secondary N) is 2. The number of para-hydroxylation sites is 2. The van der Waals surface area contributed by atoms with Crippen molar-refractivity contribution in [3.63, 3.8) is 0 Å². The Labute approximate surface area is 143 Å². The Morgan fingerprint density at radius 1 is 1.16 bits per heavy atom. The highest BCUT2D eigenvalue weighted by Gasteiger charge is 2.15. The van der Waals surface area contributed by atoms with E-state index in [2.05, 4.69) is 25.4 Å². The molecule has 0 aliphatic heterocycles. The van der Waals surface area contributed by atoms with E-state index in [0.29, 0.717) is 5.56 Å². The molecule has 0 spiro atoms. The second-order valence-corrected chi connectivity index (χ2v) is 5.72. The van der Waals surface area contributed by atoms with Gasteiger partial charge in [-0.05, 0) is 43.3 Å². The number of carbonyl (C=O) groups is 1. The summed E-state index contributed by atoms with van der Waals surface area (Å²) in [5, 5.41) is 7.02. The van der Waals surface area contributed by atoms with E-state index in [-0.39, 0.29) is 11.9 Å². The normalized spacial score (nSPS) is 12.2. The highest BCUT2D eigenvalue weighted by molar-refractivity contribution is 5.94. The number of benzene rings is 2. The Morgan fingerprint density at radius 3 is 2.68 bits per heavy atom. The molecule has 1 amide bonds. The molecule has 7 heteroatoms. The van der Waals surface area contributed by atoms with Crippen molar-refractivity contribution in [3.05, 3.63) is 72.6 Å². The molecule has 4 rings (SSSR count). The van der Waals surface area contributed by atoms with Gasteiger partial charge < -0.3 is 10.3 Å². The zero-order valence-electron chi connectivity index (χ0n) is 13.5. The van der Waals surface area contributed by atoms with Crippen molar-refractivity contribution in [3.8, 4) is 5.69 Å². The van der Waals surface area contributed by atoms with Crippen molar-refractivity contribution < 1.29 is 4.79 Å². The standard InChI is InChI=1S/C18H16N6O/c1-12(17-22-15-4-2-3-5-16(15)23-17)21-18(25)13-6-8-14(9-7-13)24-11-19-10-20-24/h2-12H,1H3,(H,21,25)(H,22,23)/t12-/m0/s1. The van der Waals surface area contributed by atoms with Gasteiger partial charge in [0.05, 0.1) is 22.8 Å². The Bertz CT molecular complexity index is 971. The smallest absolute Gasteiger partial charge is 0.251 e. The molecule has 0 unspecified atom stereocenters. The first-order valence-corrected chi connectivity index (χ1v) is 7.91. The number of rotatable bonds is 4. The molecule has 0 bridgehead atoms. The molecular weight excluding hydrogens is 316 g/mol. The van der Waals surface area contributed by atoms with Crippen molar-refractivity contribution >= 4 is 16.9 Å². The summed E-state index contributed by atoms with van der Waals surface area (Å²) in [5.41, 5.74) is 3.26. The Hall–Kier alpha value is -3.48. The largest absolute Gasteiger partial charge is 0.342 e. The summed E-state index contributed by atoms with van der Waals surface area (Å²) >= 11 is 0. The van der Waals surface area contributed by atoms with Gasteiger partial charge >= 0.3 is 0 Å². The second kappa shape index (κ2) is 6.20. The van der Waals surface area contributed by atoms with Gasteiger partial charge in [0.2, 0.25) is 0 Å². The third-order valence-corrected chi connectivity index (χ3v) is 3.98. The van der Waals surface area contributed by atoms with Crippen molar-refractivity contribution in [2.45, 2.75) is 13.0 Å². The summed E-state index contributed by atoms with van der Waals surface area (Å²) in [5.74, 6) is 0.576. The lowest BCUT2D eigenvalue weighted by Gasteiger charge is -2.11. The minimum absolute atomic E-state index is 0.155. The molecule has 0 aliphatic carbocycles. The minimum atomic E-state index is -0.227. The van der Waals surface area contributed by atoms with Crippen LogP contribution in [0.15, 0.2) is 61.2 Å². The molecular formula is C18H16N6O. The van der Waals surface area contributed by atoms with Gasteiger partial charge in [0.1, 0.15) is 18.5 Å². The number of amides is 1. The fourth-order valence-corrected chi connectivity index (χ4v) is 2.63. The van der Waals surface area contributed by atoms with Gasteiger partial charge in [-0.2, -0.15) is 5.10 Å². The van der Waals surface area contributed by atoms with Crippen LogP contribution in [0.2, 0.25) is 0 Å². The number of H-pyrrole nitrogens is 1. The average Bonchev–Trinajstić information content (AvgIpc) is 3.31. The third-order valence-electron chi connectivity index (χ3n) is 3.98. The molecule has 2 aromatic heterocycles. The zero-order valence-corrected chi connectivity index (χ0v) is 13.5. The van der Waals surface area contributed by atoms with E-state index >= 15 is 0 Å². The Kier molecular flexibility index (Phi) is 3.74. The Morgan fingerprint density at radius 2 is 1.96 bits per heavy atom. The van der Waals surface area contributed by atoms with Crippen molar-refractivity contribution in [2.75, 3.05) is 0 Å². The van der Waals surface area contributed by atoms with Crippen LogP contribution in [-0.2, 0) is 0 Å². The first kappa shape index (κ1) is 15.1. The fraction of sp³-hybridized carbons (Fsp3) is 0.111. The Balaban J connectivity index is 1.49. The molecule has 0 fully saturated rings. The summed E-state index contributed by atoms with van der Waals surface area (Å²) in [6.45, 7) is 1.90. The predicted octanol–water partition coefficient (Wildman–Crippen LogP) is 2.63. The molecule has 0 aliphatic rings. The first-order valence-electron chi connectivity index (χ1n) is 7.91. The van der Waals surface area contributed by atoms with Crippen LogP contribution in [0.5, 0.6) is 0 Å². The topological polar surface area (TPSA) is 88.5 Å². The van der Waals surface area contributed by atoms with Gasteiger partial charge in [0.25, 0.3) is 5.91 Å². The number of hydrogen-bond donors (Lipinski definition) is 2. The lowest BCUT2D eigenvalue weighted by atomic mass is 10.2. The van der Waals surface area contributed by atoms with Crippen LogP contribution in [0, 0.1) is 0 Å². The number of fused-ring (bicyclic) bond motifs is 1. The highest BCUT2D eigenvalue weighted by Crippen LogP contribution is 2.16. The van der Waals surface area contributed by atoms with Crippen molar-refractivity contribution in [1.82, 2.24) is 30.0 Å². The SMILES string of the molecule is C[C@H](NC(=O)c1ccc(-n2cncn2)cc1)c1nc2ccccc2[nH]1. The van der Waals surface area contributed by atoms with Crippen LogP contribution in [0.1, 0.15) is 29.1 Å². The van der Waals surface area contributed by atoms with E-state index in [1.165, 1.54) is 6.33 Å². The number of hydrogen-bond acceptors (Lipinski definition) is 4. The van der Waals surface area contributed by atoms with E-state index in [1.807, 2.05) is 43.3 Å². The van der Waals surface area contributed by atoms with Crippen LogP contribution < -0.4 is 5.32 Å². The lowest BCUT2D eigenvalue weighted by Crippen LogP contribution is -2.27. The predicted molar refractivity (Wildman–Crippen MR) is 93.3 cm³/mol. The maximum absolute atomic E-state index is 12.5. The summed E-state index contributed by atoms with van der Waals surface area (Å²) in [6, 6.07) is 14.7. The molecule has 2 aromatic carbocycles. The van der Waals surface area contributed by atoms with Crippen molar-refractivity contribution in [2.24, 2.45) is 0 Å². The highest BCUT2D eigenvalue weighted by atomic mass is 16.1. The summed E-state index contributed by atoms with van der Waals surface area (Å²) in [6.07, 6.45) is 3.08. The first-order chi connectivity index (χ1) is 12.2. The van der Waals surface area contributed by atoms with Gasteiger partial charge in [-0.25, -0.2) is 14.6 Å². The third kappa shape index (κ3) is 2.99. The van der Waals surface area contributed by atoms with Crippen LogP contribution in [0.25, 0.3) is 16.7 Å². The van der Waals surface area contributed by atoms with E-state index in [0.717, 1.165) is 22.5 Å². The maximum atomic E-state index is 12.5. The number of carbonyl (C=O) groups excluding carboxylic acids is 1. The summed E-state index contributed by atoms with van der Waals surface area (Å²) in [4.78, 5) is 24.1. The van der Waals surface area contributed by atoms with Gasteiger partial charge in [0, 0.05) is 5.56 Å². The summed E-state index contributed by atoms with van der Waals surface area (Å²) < 4.78 is 1.64. The number of aromatic nitrogens is 5. The van der Waals surface area contributed by atoms with Gasteiger partial charge in [-0.1, -0.05) is 12.1 Å². The minimum Gasteiger partial charge on any atom is -0.342 e. The average molecular weight is 332 g/mol. The van der Waals surface area contributed by atoms with E-state index in [9.17, 15) is 4.79 Å². The van der Waals surface area contributed by atoms with E-state index in [4.69, 9.17) is 0 Å². The van der Waals surface area contributed by atoms with Gasteiger partial charge in [-0.3, -0.25) is 4.79 Å². The molecule has 2 heterocycles. The monoisotopic (exact) mass is 332 g/mol. The molecule has 25 heavy (non-hydrogen) atoms. The molecule has 7 nitrogen and oxygen atoms in total. The van der Waals surface area contributed by atoms with Crippen LogP contribution in [-0.4, -0.2) is 30.6 Å². The molecule has 1 atom stereocenters. The molecule has 0 saturated carbocycles. The molecule has 4 aromatic rings. The van der Waals surface area contributed by atoms with Gasteiger partial charge in [-0.15, -0.1) is 0 Å². The zero-order chi connectivity index (χ0) is 17.2. The number of nitrogens with zero attached hydrogens (tertiary/aromatic N) is 4. The second-order valence-electron chi connectivity index (χ2n) is 5.72. The molecule has 0 saturated heterocycles. The van der Waals surface area contributed by atoms with Crippen LogP contribution >= 0.6 is 0 Å². The number of imidazole rings is 1. The quantitative estimate of drug-likeness (QED) is 0.601. The lowest BCUT2D eigenvalue weighted by molar-refractivity contribution is 0.0938. The van der Waals surface area contributed by atoms with Crippen molar-refractivity contribution in [1.29, 1.82) is 0 Å². The fourth-order valence-electron chi connectivity index (χ4n) is 2.63. The maximum Gasteiger partial charge on any atom is 0.251 e. The molecule has 2 N–H and O–H groups in total. The van der Waals surface area contributed by atoms with E-state index in [1.54, 1.807) is 23.1 Å². The molecule has 0 radical (unpaired) electrons. The van der Waals surface area contributed by atoms with Crippen LogP contribution in [0.3, 0.4) is 0 Å². The number of aromatic amines is 1. The summed E-state index contributed by atoms with van der Waals surface area (Å²) in [7, 11) is 0.